The van der Waals surface area contributed by atoms with E-state index in [1.54, 1.807) is 0 Å². The number of nitrogens with one attached hydrogen (secondary N) is 1. The number of aryl methyl sites for hydroxylation is 2. The number of rotatable bonds is 5. The van der Waals surface area contributed by atoms with Crippen molar-refractivity contribution in [3.05, 3.63) is 64.2 Å². The number of imide groups is 1. The van der Waals surface area contributed by atoms with Gasteiger partial charge in [0.15, 0.2) is 6.61 Å². The van der Waals surface area contributed by atoms with Gasteiger partial charge in [-0.25, -0.2) is 4.79 Å². The third-order valence-corrected chi connectivity index (χ3v) is 5.93. The van der Waals surface area contributed by atoms with Crippen LogP contribution in [0.4, 0.5) is 5.69 Å². The van der Waals surface area contributed by atoms with E-state index in [0.29, 0.717) is 11.3 Å². The molecule has 2 aromatic carbocycles. The lowest BCUT2D eigenvalue weighted by Crippen LogP contribution is -2.40. The van der Waals surface area contributed by atoms with Crippen molar-refractivity contribution in [1.82, 2.24) is 4.90 Å². The van der Waals surface area contributed by atoms with E-state index in [2.05, 4.69) is 5.32 Å². The first-order valence-corrected chi connectivity index (χ1v) is 10.9. The Morgan fingerprint density at radius 1 is 0.938 bits per heavy atom. The highest BCUT2D eigenvalue weighted by Gasteiger charge is 2.40. The van der Waals surface area contributed by atoms with Gasteiger partial charge in [0.1, 0.15) is 0 Å². The van der Waals surface area contributed by atoms with Gasteiger partial charge in [-0.2, -0.15) is 0 Å². The van der Waals surface area contributed by atoms with Crippen LogP contribution in [0.25, 0.3) is 0 Å². The highest BCUT2D eigenvalue weighted by atomic mass is 16.5. The van der Waals surface area contributed by atoms with Crippen molar-refractivity contribution in [2.24, 2.45) is 0 Å². The number of nitrogens with zero attached hydrogens (tertiary/aromatic N) is 1. The summed E-state index contributed by atoms with van der Waals surface area (Å²) in [6.07, 6.45) is 4.75. The Morgan fingerprint density at radius 2 is 1.59 bits per heavy atom. The average molecular weight is 434 g/mol. The van der Waals surface area contributed by atoms with Gasteiger partial charge in [0.05, 0.1) is 16.7 Å². The maximum atomic E-state index is 12.9. The van der Waals surface area contributed by atoms with Crippen LogP contribution in [0.5, 0.6) is 0 Å². The van der Waals surface area contributed by atoms with Crippen LogP contribution < -0.4 is 5.32 Å². The van der Waals surface area contributed by atoms with Crippen LogP contribution in [0.1, 0.15) is 74.3 Å². The lowest BCUT2D eigenvalue weighted by Gasteiger charge is -2.29. The summed E-state index contributed by atoms with van der Waals surface area (Å²) in [6.45, 7) is 3.40. The van der Waals surface area contributed by atoms with Crippen LogP contribution in [-0.2, 0) is 9.53 Å². The number of hydrogen-bond acceptors (Lipinski definition) is 5. The predicted octanol–water partition coefficient (Wildman–Crippen LogP) is 4.03. The van der Waals surface area contributed by atoms with Crippen molar-refractivity contribution in [2.45, 2.75) is 52.0 Å². The number of ether oxygens (including phenoxy) is 1. The molecule has 0 spiro atoms. The molecule has 7 heteroatoms. The number of fused-ring (bicyclic) bond motifs is 1. The molecule has 1 N–H and O–H groups in total. The predicted molar refractivity (Wildman–Crippen MR) is 119 cm³/mol. The molecule has 0 radical (unpaired) electrons. The number of benzene rings is 2. The fourth-order valence-electron chi connectivity index (χ4n) is 4.52. The second-order valence-corrected chi connectivity index (χ2v) is 8.53. The van der Waals surface area contributed by atoms with Crippen molar-refractivity contribution in [1.29, 1.82) is 0 Å². The second-order valence-electron chi connectivity index (χ2n) is 8.53. The minimum Gasteiger partial charge on any atom is -0.452 e. The first kappa shape index (κ1) is 21.7. The molecule has 1 aliphatic carbocycles. The number of hydrogen-bond donors (Lipinski definition) is 1. The van der Waals surface area contributed by atoms with E-state index in [4.69, 9.17) is 4.74 Å². The molecule has 1 saturated carbocycles. The van der Waals surface area contributed by atoms with Gasteiger partial charge in [0.25, 0.3) is 17.7 Å². The number of anilines is 1. The van der Waals surface area contributed by atoms with Crippen LogP contribution in [0, 0.1) is 13.8 Å². The van der Waals surface area contributed by atoms with E-state index in [0.717, 1.165) is 43.2 Å². The van der Waals surface area contributed by atoms with E-state index >= 15 is 0 Å². The van der Waals surface area contributed by atoms with E-state index in [-0.39, 0.29) is 29.0 Å². The van der Waals surface area contributed by atoms with Gasteiger partial charge < -0.3 is 10.1 Å². The Morgan fingerprint density at radius 3 is 2.28 bits per heavy atom. The molecule has 0 unspecified atom stereocenters. The van der Waals surface area contributed by atoms with Crippen molar-refractivity contribution >= 4 is 29.4 Å². The van der Waals surface area contributed by atoms with Gasteiger partial charge in [-0.15, -0.1) is 0 Å². The molecule has 1 aliphatic heterocycles. The Labute approximate surface area is 186 Å². The first-order chi connectivity index (χ1) is 15.3. The molecule has 0 atom stereocenters. The molecule has 3 amide bonds. The highest BCUT2D eigenvalue weighted by molar-refractivity contribution is 6.22. The van der Waals surface area contributed by atoms with Gasteiger partial charge in [-0.05, 0) is 68.1 Å². The molecule has 1 heterocycles. The van der Waals surface area contributed by atoms with Gasteiger partial charge >= 0.3 is 5.97 Å². The van der Waals surface area contributed by atoms with Crippen LogP contribution in [0.15, 0.2) is 36.4 Å². The smallest absolute Gasteiger partial charge is 0.338 e. The molecular weight excluding hydrogens is 408 g/mol. The zero-order valence-electron chi connectivity index (χ0n) is 18.3. The van der Waals surface area contributed by atoms with Crippen LogP contribution in [-0.4, -0.2) is 41.2 Å². The normalized spacial score (nSPS) is 16.1. The molecule has 7 nitrogen and oxygen atoms in total. The molecular formula is C25H26N2O5. The summed E-state index contributed by atoms with van der Waals surface area (Å²) in [5.74, 6) is -1.84. The molecule has 32 heavy (non-hydrogen) atoms. The molecule has 0 saturated heterocycles. The molecule has 0 aromatic heterocycles. The first-order valence-electron chi connectivity index (χ1n) is 10.9. The van der Waals surface area contributed by atoms with E-state index in [1.807, 2.05) is 32.0 Å². The van der Waals surface area contributed by atoms with Crippen molar-refractivity contribution in [2.75, 3.05) is 11.9 Å². The van der Waals surface area contributed by atoms with Crippen LogP contribution in [0.3, 0.4) is 0 Å². The molecule has 4 rings (SSSR count). The molecule has 0 bridgehead atoms. The summed E-state index contributed by atoms with van der Waals surface area (Å²) in [6, 6.07) is 9.90. The fraction of sp³-hybridized carbons (Fsp3) is 0.360. The molecule has 1 fully saturated rings. The summed E-state index contributed by atoms with van der Waals surface area (Å²) in [5, 5.41) is 2.71. The summed E-state index contributed by atoms with van der Waals surface area (Å²) in [4.78, 5) is 51.6. The third kappa shape index (κ3) is 4.42. The number of esters is 1. The standard InChI is InChI=1S/C25H26N2O5/c1-15-10-16(2)12-18(11-15)26-22(28)14-32-25(31)17-8-9-20-21(13-17)24(30)27(23(20)29)19-6-4-3-5-7-19/h8-13,19H,3-7,14H2,1-2H3,(H,26,28). The Kier molecular flexibility index (Phi) is 6.08. The summed E-state index contributed by atoms with van der Waals surface area (Å²) >= 11 is 0. The zero-order valence-corrected chi connectivity index (χ0v) is 18.3. The third-order valence-electron chi connectivity index (χ3n) is 5.93. The largest absolute Gasteiger partial charge is 0.452 e. The maximum absolute atomic E-state index is 12.9. The molecule has 2 aromatic rings. The lowest BCUT2D eigenvalue weighted by molar-refractivity contribution is -0.119. The Hall–Kier alpha value is -3.48. The van der Waals surface area contributed by atoms with E-state index in [1.165, 1.54) is 23.1 Å². The minimum atomic E-state index is -0.722. The van der Waals surface area contributed by atoms with E-state index < -0.39 is 18.5 Å². The van der Waals surface area contributed by atoms with E-state index in [9.17, 15) is 19.2 Å². The number of carbonyl (C=O) groups excluding carboxylic acids is 4. The minimum absolute atomic E-state index is 0.0829. The molecule has 2 aliphatic rings. The number of carbonyl (C=O) groups is 4. The van der Waals surface area contributed by atoms with Crippen molar-refractivity contribution in [3.8, 4) is 0 Å². The van der Waals surface area contributed by atoms with Gasteiger partial charge in [0.2, 0.25) is 0 Å². The van der Waals surface area contributed by atoms with Crippen molar-refractivity contribution < 1.29 is 23.9 Å². The quantitative estimate of drug-likeness (QED) is 0.567. The Bertz CT molecular complexity index is 1080. The summed E-state index contributed by atoms with van der Waals surface area (Å²) in [5.41, 5.74) is 3.32. The monoisotopic (exact) mass is 434 g/mol. The Balaban J connectivity index is 1.40. The van der Waals surface area contributed by atoms with Gasteiger partial charge in [-0.3, -0.25) is 19.3 Å². The lowest BCUT2D eigenvalue weighted by atomic mass is 9.94. The summed E-state index contributed by atoms with van der Waals surface area (Å²) in [7, 11) is 0. The van der Waals surface area contributed by atoms with Crippen LogP contribution >= 0.6 is 0 Å². The highest BCUT2D eigenvalue weighted by Crippen LogP contribution is 2.31. The average Bonchev–Trinajstić information content (AvgIpc) is 3.01. The van der Waals surface area contributed by atoms with Gasteiger partial charge in [-0.1, -0.05) is 25.3 Å². The van der Waals surface area contributed by atoms with Crippen LogP contribution in [0.2, 0.25) is 0 Å². The number of amides is 3. The SMILES string of the molecule is Cc1cc(C)cc(NC(=O)COC(=O)c2ccc3c(c2)C(=O)N(C2CCCCC2)C3=O)c1. The zero-order chi connectivity index (χ0) is 22.8. The van der Waals surface area contributed by atoms with Gasteiger partial charge in [0, 0.05) is 11.7 Å². The topological polar surface area (TPSA) is 92.8 Å². The fourth-order valence-corrected chi connectivity index (χ4v) is 4.52. The summed E-state index contributed by atoms with van der Waals surface area (Å²) < 4.78 is 5.13. The second kappa shape index (κ2) is 8.94. The molecule has 166 valence electrons. The maximum Gasteiger partial charge on any atom is 0.338 e. The van der Waals surface area contributed by atoms with Crippen molar-refractivity contribution in [3.63, 3.8) is 0 Å².